The summed E-state index contributed by atoms with van der Waals surface area (Å²) in [6.07, 6.45) is 64.1. The molecule has 0 heterocycles. The lowest BCUT2D eigenvalue weighted by molar-refractivity contribution is -0.143. The molecule has 2 unspecified atom stereocenters. The first kappa shape index (κ1) is 61.1. The Kier molecular flexibility index (Phi) is 51.1. The lowest BCUT2D eigenvalue weighted by Crippen LogP contribution is -2.45. The SMILES string of the molecule is CCCCCCC/C=C\CCCCCCCC(=O)OCCCCC/C=C\C/C=C\CCCCCCCCCC(=O)NC(CO)C(O)CCCCCCCCCCCCCCCCC. The summed E-state index contributed by atoms with van der Waals surface area (Å²) in [6.45, 7) is 4.90. The Morgan fingerprint density at radius 3 is 1.22 bits per heavy atom. The molecule has 1 amide bonds. The molecule has 0 aromatic carbocycles. The van der Waals surface area contributed by atoms with Crippen molar-refractivity contribution in [3.63, 3.8) is 0 Å². The number of hydrogen-bond acceptors (Lipinski definition) is 5. The third-order valence-corrected chi connectivity index (χ3v) is 12.7. The molecule has 0 bridgehead atoms. The number of ether oxygens (including phenoxy) is 1. The number of amides is 1. The van der Waals surface area contributed by atoms with Gasteiger partial charge >= 0.3 is 5.97 Å². The smallest absolute Gasteiger partial charge is 0.305 e. The second-order valence-electron chi connectivity index (χ2n) is 18.9. The number of unbranched alkanes of at least 4 members (excludes halogenated alkanes) is 34. The zero-order valence-electron chi connectivity index (χ0n) is 42.1. The Bertz CT molecular complexity index is 1020. The Labute approximate surface area is 392 Å². The highest BCUT2D eigenvalue weighted by Gasteiger charge is 2.20. The van der Waals surface area contributed by atoms with Gasteiger partial charge in [0.05, 0.1) is 25.4 Å². The maximum atomic E-state index is 12.5. The van der Waals surface area contributed by atoms with Gasteiger partial charge in [0.1, 0.15) is 0 Å². The van der Waals surface area contributed by atoms with Crippen LogP contribution in [0.2, 0.25) is 0 Å². The molecule has 0 aliphatic rings. The van der Waals surface area contributed by atoms with E-state index in [1.807, 2.05) is 0 Å². The van der Waals surface area contributed by atoms with Crippen LogP contribution >= 0.6 is 0 Å². The molecule has 0 saturated heterocycles. The summed E-state index contributed by atoms with van der Waals surface area (Å²) < 4.78 is 5.44. The standard InChI is InChI=1S/C57H107NO5/c1-3-5-7-9-11-13-15-17-22-25-29-33-37-41-45-49-55(60)54(53-59)58-56(61)50-46-42-38-34-30-26-23-20-19-21-24-28-32-36-40-44-48-52-63-57(62)51-47-43-39-35-31-27-18-16-14-12-10-8-6-4-2/h16,18-19,21,28,32,54-55,59-60H,3-15,17,20,22-27,29-31,33-53H2,1-2H3,(H,58,61)/b18-16-,21-19-,32-28-. The van der Waals surface area contributed by atoms with Gasteiger partial charge < -0.3 is 20.3 Å². The molecule has 3 N–H and O–H groups in total. The van der Waals surface area contributed by atoms with Gasteiger partial charge in [0.25, 0.3) is 0 Å². The van der Waals surface area contributed by atoms with Gasteiger partial charge in [0.15, 0.2) is 0 Å². The van der Waals surface area contributed by atoms with Crippen LogP contribution in [0, 0.1) is 0 Å². The highest BCUT2D eigenvalue weighted by Crippen LogP contribution is 2.16. The molecule has 6 heteroatoms. The molecule has 0 fully saturated rings. The van der Waals surface area contributed by atoms with E-state index in [-0.39, 0.29) is 18.5 Å². The summed E-state index contributed by atoms with van der Waals surface area (Å²) in [7, 11) is 0. The van der Waals surface area contributed by atoms with Gasteiger partial charge in [0, 0.05) is 12.8 Å². The van der Waals surface area contributed by atoms with Gasteiger partial charge in [-0.15, -0.1) is 0 Å². The molecular weight excluding hydrogens is 779 g/mol. The van der Waals surface area contributed by atoms with E-state index in [0.717, 1.165) is 83.5 Å². The van der Waals surface area contributed by atoms with Crippen LogP contribution in [0.4, 0.5) is 0 Å². The fourth-order valence-electron chi connectivity index (χ4n) is 8.37. The molecule has 0 aliphatic heterocycles. The van der Waals surface area contributed by atoms with Crippen LogP contribution in [0.3, 0.4) is 0 Å². The highest BCUT2D eigenvalue weighted by molar-refractivity contribution is 5.76. The monoisotopic (exact) mass is 886 g/mol. The van der Waals surface area contributed by atoms with Gasteiger partial charge in [-0.2, -0.15) is 0 Å². The van der Waals surface area contributed by atoms with Crippen molar-refractivity contribution in [3.8, 4) is 0 Å². The number of rotatable bonds is 51. The topological polar surface area (TPSA) is 95.9 Å². The van der Waals surface area contributed by atoms with Crippen LogP contribution < -0.4 is 5.32 Å². The third-order valence-electron chi connectivity index (χ3n) is 12.7. The maximum Gasteiger partial charge on any atom is 0.305 e. The minimum Gasteiger partial charge on any atom is -0.466 e. The van der Waals surface area contributed by atoms with E-state index in [2.05, 4.69) is 55.6 Å². The highest BCUT2D eigenvalue weighted by atomic mass is 16.5. The first-order chi connectivity index (χ1) is 31.0. The van der Waals surface area contributed by atoms with Crippen molar-refractivity contribution < 1.29 is 24.5 Å². The Morgan fingerprint density at radius 2 is 0.794 bits per heavy atom. The molecule has 2 atom stereocenters. The van der Waals surface area contributed by atoms with E-state index in [9.17, 15) is 19.8 Å². The van der Waals surface area contributed by atoms with E-state index >= 15 is 0 Å². The number of nitrogens with one attached hydrogen (secondary N) is 1. The first-order valence-electron chi connectivity index (χ1n) is 27.7. The number of hydrogen-bond donors (Lipinski definition) is 3. The second kappa shape index (κ2) is 52.7. The van der Waals surface area contributed by atoms with Gasteiger partial charge in [-0.05, 0) is 89.9 Å². The van der Waals surface area contributed by atoms with Crippen LogP contribution in [0.1, 0.15) is 290 Å². The average Bonchev–Trinajstić information content (AvgIpc) is 3.28. The zero-order chi connectivity index (χ0) is 45.8. The molecule has 6 nitrogen and oxygen atoms in total. The lowest BCUT2D eigenvalue weighted by Gasteiger charge is -2.22. The quantitative estimate of drug-likeness (QED) is 0.0321. The van der Waals surface area contributed by atoms with Gasteiger partial charge in [0.2, 0.25) is 5.91 Å². The number of allylic oxidation sites excluding steroid dienone is 6. The second-order valence-corrected chi connectivity index (χ2v) is 18.9. The molecule has 0 aliphatic carbocycles. The number of aliphatic hydroxyl groups excluding tert-OH is 2. The number of carbonyl (C=O) groups excluding carboxylic acids is 2. The van der Waals surface area contributed by atoms with Crippen LogP contribution in [0.25, 0.3) is 0 Å². The summed E-state index contributed by atoms with van der Waals surface area (Å²) in [5, 5.41) is 23.2. The molecule has 63 heavy (non-hydrogen) atoms. The van der Waals surface area contributed by atoms with Gasteiger partial charge in [-0.25, -0.2) is 0 Å². The molecular formula is C57H107NO5. The molecule has 0 rings (SSSR count). The largest absolute Gasteiger partial charge is 0.466 e. The van der Waals surface area contributed by atoms with Crippen LogP contribution in [-0.2, 0) is 14.3 Å². The van der Waals surface area contributed by atoms with E-state index in [1.54, 1.807) is 0 Å². The summed E-state index contributed by atoms with van der Waals surface area (Å²) in [4.78, 5) is 24.5. The fourth-order valence-corrected chi connectivity index (χ4v) is 8.37. The molecule has 0 aromatic heterocycles. The zero-order valence-corrected chi connectivity index (χ0v) is 42.1. The Morgan fingerprint density at radius 1 is 0.444 bits per heavy atom. The summed E-state index contributed by atoms with van der Waals surface area (Å²) in [5.74, 6) is -0.0752. The fraction of sp³-hybridized carbons (Fsp3) is 0.860. The molecule has 0 radical (unpaired) electrons. The maximum absolute atomic E-state index is 12.5. The average molecular weight is 886 g/mol. The van der Waals surface area contributed by atoms with Crippen molar-refractivity contribution >= 4 is 11.9 Å². The van der Waals surface area contributed by atoms with Crippen LogP contribution in [0.5, 0.6) is 0 Å². The molecule has 370 valence electrons. The van der Waals surface area contributed by atoms with E-state index in [0.29, 0.717) is 25.9 Å². The molecule has 0 spiro atoms. The van der Waals surface area contributed by atoms with E-state index in [4.69, 9.17) is 4.74 Å². The summed E-state index contributed by atoms with van der Waals surface area (Å²) >= 11 is 0. The predicted molar refractivity (Wildman–Crippen MR) is 273 cm³/mol. The van der Waals surface area contributed by atoms with Crippen LogP contribution in [0.15, 0.2) is 36.5 Å². The minimum atomic E-state index is -0.675. The lowest BCUT2D eigenvalue weighted by atomic mass is 10.0. The normalized spacial score (nSPS) is 12.9. The van der Waals surface area contributed by atoms with Gasteiger partial charge in [-0.3, -0.25) is 9.59 Å². The molecule has 0 saturated carbocycles. The number of esters is 1. The predicted octanol–water partition coefficient (Wildman–Crippen LogP) is 16.9. The number of carbonyl (C=O) groups is 2. The first-order valence-corrected chi connectivity index (χ1v) is 27.7. The molecule has 0 aromatic rings. The number of aliphatic hydroxyl groups is 2. The van der Waals surface area contributed by atoms with Crippen molar-refractivity contribution in [1.82, 2.24) is 5.32 Å². The third kappa shape index (κ3) is 49.4. The van der Waals surface area contributed by atoms with Crippen molar-refractivity contribution in [2.45, 2.75) is 302 Å². The van der Waals surface area contributed by atoms with Crippen LogP contribution in [-0.4, -0.2) is 47.4 Å². The van der Waals surface area contributed by atoms with Crippen molar-refractivity contribution in [3.05, 3.63) is 36.5 Å². The summed E-state index contributed by atoms with van der Waals surface area (Å²) in [6, 6.07) is -0.554. The van der Waals surface area contributed by atoms with E-state index in [1.165, 1.54) is 173 Å². The van der Waals surface area contributed by atoms with Crippen molar-refractivity contribution in [2.75, 3.05) is 13.2 Å². The Hall–Kier alpha value is -1.92. The van der Waals surface area contributed by atoms with Crippen molar-refractivity contribution in [2.24, 2.45) is 0 Å². The minimum absolute atomic E-state index is 0.0242. The van der Waals surface area contributed by atoms with E-state index < -0.39 is 12.1 Å². The van der Waals surface area contributed by atoms with Crippen molar-refractivity contribution in [1.29, 1.82) is 0 Å². The Balaban J connectivity index is 3.51. The summed E-state index contributed by atoms with van der Waals surface area (Å²) in [5.41, 5.74) is 0. The van der Waals surface area contributed by atoms with Gasteiger partial charge in [-0.1, -0.05) is 224 Å².